The van der Waals surface area contributed by atoms with E-state index < -0.39 is 5.97 Å². The monoisotopic (exact) mass is 337 g/mol. The molecular formula is C20H23N3O2. The van der Waals surface area contributed by atoms with E-state index in [9.17, 15) is 4.79 Å². The summed E-state index contributed by atoms with van der Waals surface area (Å²) >= 11 is 0. The number of nitrogens with zero attached hydrogens (tertiary/aromatic N) is 3. The number of fused-ring (bicyclic) bond motifs is 1. The van der Waals surface area contributed by atoms with Crippen LogP contribution in [-0.4, -0.2) is 53.2 Å². The number of aromatic nitrogens is 1. The molecular weight excluding hydrogens is 314 g/mol. The number of carboxylic acids is 1. The quantitative estimate of drug-likeness (QED) is 0.932. The van der Waals surface area contributed by atoms with Gasteiger partial charge in [-0.2, -0.15) is 0 Å². The van der Waals surface area contributed by atoms with Crippen molar-refractivity contribution in [2.45, 2.75) is 25.3 Å². The molecule has 1 fully saturated rings. The third-order valence-corrected chi connectivity index (χ3v) is 5.35. The lowest BCUT2D eigenvalue weighted by molar-refractivity contribution is 0.0690. The average molecular weight is 337 g/mol. The number of aromatic carboxylic acids is 1. The van der Waals surface area contributed by atoms with Crippen LogP contribution in [0.1, 0.15) is 28.0 Å². The van der Waals surface area contributed by atoms with Crippen LogP contribution in [0.25, 0.3) is 0 Å². The second-order valence-electron chi connectivity index (χ2n) is 6.89. The molecule has 1 aromatic heterocycles. The summed E-state index contributed by atoms with van der Waals surface area (Å²) in [6, 6.07) is 14.6. The number of hydrogen-bond acceptors (Lipinski definition) is 4. The van der Waals surface area contributed by atoms with Crippen molar-refractivity contribution in [2.75, 3.05) is 31.1 Å². The highest BCUT2D eigenvalue weighted by Crippen LogP contribution is 2.26. The third-order valence-electron chi connectivity index (χ3n) is 5.35. The number of rotatable bonds is 3. The van der Waals surface area contributed by atoms with E-state index in [1.807, 2.05) is 6.07 Å². The molecule has 0 atom stereocenters. The summed E-state index contributed by atoms with van der Waals surface area (Å²) in [6.07, 6.45) is 3.36. The summed E-state index contributed by atoms with van der Waals surface area (Å²) in [5.74, 6) is -0.196. The van der Waals surface area contributed by atoms with Gasteiger partial charge in [-0.3, -0.25) is 4.90 Å². The van der Waals surface area contributed by atoms with Gasteiger partial charge >= 0.3 is 5.97 Å². The Balaban J connectivity index is 1.43. The van der Waals surface area contributed by atoms with E-state index in [1.54, 1.807) is 12.1 Å². The molecule has 1 aliphatic carbocycles. The van der Waals surface area contributed by atoms with Crippen molar-refractivity contribution in [1.29, 1.82) is 0 Å². The summed E-state index contributed by atoms with van der Waals surface area (Å²) in [4.78, 5) is 20.3. The zero-order chi connectivity index (χ0) is 17.2. The maximum atomic E-state index is 11.1. The first-order valence-electron chi connectivity index (χ1n) is 8.97. The minimum absolute atomic E-state index is 0.116. The molecule has 5 nitrogen and oxygen atoms in total. The fraction of sp³-hybridized carbons (Fsp3) is 0.400. The van der Waals surface area contributed by atoms with Crippen LogP contribution in [0.2, 0.25) is 0 Å². The van der Waals surface area contributed by atoms with Crippen molar-refractivity contribution in [3.63, 3.8) is 0 Å². The molecule has 4 rings (SSSR count). The first-order chi connectivity index (χ1) is 12.2. The van der Waals surface area contributed by atoms with Gasteiger partial charge in [0.15, 0.2) is 5.69 Å². The molecule has 25 heavy (non-hydrogen) atoms. The van der Waals surface area contributed by atoms with Crippen molar-refractivity contribution < 1.29 is 9.90 Å². The smallest absolute Gasteiger partial charge is 0.354 e. The lowest BCUT2D eigenvalue weighted by Crippen LogP contribution is -2.39. The first-order valence-corrected chi connectivity index (χ1v) is 8.97. The largest absolute Gasteiger partial charge is 0.477 e. The Morgan fingerprint density at radius 1 is 0.960 bits per heavy atom. The number of hydrogen-bond donors (Lipinski definition) is 1. The second-order valence-corrected chi connectivity index (χ2v) is 6.89. The van der Waals surface area contributed by atoms with Crippen LogP contribution in [0.15, 0.2) is 42.5 Å². The van der Waals surface area contributed by atoms with Gasteiger partial charge in [-0.15, -0.1) is 0 Å². The molecule has 130 valence electrons. The van der Waals surface area contributed by atoms with Gasteiger partial charge in [-0.05, 0) is 42.5 Å². The molecule has 1 aliphatic heterocycles. The van der Waals surface area contributed by atoms with Gasteiger partial charge in [0.2, 0.25) is 0 Å². The van der Waals surface area contributed by atoms with Gasteiger partial charge in [0.25, 0.3) is 0 Å². The molecule has 1 saturated heterocycles. The van der Waals surface area contributed by atoms with Crippen LogP contribution in [0.3, 0.4) is 0 Å². The van der Waals surface area contributed by atoms with Crippen LogP contribution >= 0.6 is 0 Å². The highest BCUT2D eigenvalue weighted by molar-refractivity contribution is 5.85. The van der Waals surface area contributed by atoms with Crippen LogP contribution in [0, 0.1) is 0 Å². The Bertz CT molecular complexity index is 752. The summed E-state index contributed by atoms with van der Waals surface area (Å²) in [6.45, 7) is 3.90. The Hall–Kier alpha value is -2.40. The van der Waals surface area contributed by atoms with Crippen molar-refractivity contribution >= 4 is 11.8 Å². The lowest BCUT2D eigenvalue weighted by atomic mass is 10.1. The number of carbonyl (C=O) groups is 1. The Morgan fingerprint density at radius 3 is 2.44 bits per heavy atom. The average Bonchev–Trinajstić information content (AvgIpc) is 2.91. The van der Waals surface area contributed by atoms with Crippen LogP contribution in [-0.2, 0) is 12.8 Å². The second kappa shape index (κ2) is 6.84. The highest BCUT2D eigenvalue weighted by atomic mass is 16.4. The molecule has 1 N–H and O–H groups in total. The molecule has 1 aromatic carbocycles. The summed E-state index contributed by atoms with van der Waals surface area (Å²) < 4.78 is 0. The van der Waals surface area contributed by atoms with Crippen LogP contribution in [0.5, 0.6) is 0 Å². The molecule has 0 amide bonds. The topological polar surface area (TPSA) is 56.7 Å². The number of benzene rings is 1. The van der Waals surface area contributed by atoms with Crippen molar-refractivity contribution in [3.8, 4) is 0 Å². The van der Waals surface area contributed by atoms with Gasteiger partial charge in [0, 0.05) is 32.2 Å². The van der Waals surface area contributed by atoms with Crippen molar-refractivity contribution in [3.05, 3.63) is 59.3 Å². The minimum Gasteiger partial charge on any atom is -0.477 e. The summed E-state index contributed by atoms with van der Waals surface area (Å²) in [5, 5.41) is 9.15. The van der Waals surface area contributed by atoms with Crippen LogP contribution < -0.4 is 4.90 Å². The highest BCUT2D eigenvalue weighted by Gasteiger charge is 2.28. The van der Waals surface area contributed by atoms with Gasteiger partial charge in [-0.1, -0.05) is 30.3 Å². The molecule has 0 unspecified atom stereocenters. The van der Waals surface area contributed by atoms with E-state index in [-0.39, 0.29) is 5.69 Å². The molecule has 5 heteroatoms. The molecule has 0 saturated carbocycles. The molecule has 0 bridgehead atoms. The van der Waals surface area contributed by atoms with E-state index >= 15 is 0 Å². The van der Waals surface area contributed by atoms with Gasteiger partial charge in [0.1, 0.15) is 5.82 Å². The Morgan fingerprint density at radius 2 is 1.72 bits per heavy atom. The fourth-order valence-corrected chi connectivity index (χ4v) is 4.04. The van der Waals surface area contributed by atoms with E-state index in [4.69, 9.17) is 5.11 Å². The molecule has 0 spiro atoms. The summed E-state index contributed by atoms with van der Waals surface area (Å²) in [7, 11) is 0. The molecule has 2 aromatic rings. The number of pyridine rings is 1. The van der Waals surface area contributed by atoms with E-state index in [0.717, 1.165) is 51.3 Å². The maximum Gasteiger partial charge on any atom is 0.354 e. The molecule has 0 radical (unpaired) electrons. The molecule has 2 heterocycles. The van der Waals surface area contributed by atoms with Crippen molar-refractivity contribution in [2.24, 2.45) is 0 Å². The van der Waals surface area contributed by atoms with E-state index in [0.29, 0.717) is 6.04 Å². The van der Waals surface area contributed by atoms with Crippen LogP contribution in [0.4, 0.5) is 5.82 Å². The van der Waals surface area contributed by atoms with Gasteiger partial charge in [0.05, 0.1) is 0 Å². The maximum absolute atomic E-state index is 11.1. The Labute approximate surface area is 147 Å². The predicted octanol–water partition coefficient (Wildman–Crippen LogP) is 2.46. The number of carboxylic acid groups (broad SMARTS) is 1. The minimum atomic E-state index is -0.970. The van der Waals surface area contributed by atoms with E-state index in [1.165, 1.54) is 11.1 Å². The zero-order valence-electron chi connectivity index (χ0n) is 14.3. The first kappa shape index (κ1) is 16.1. The third kappa shape index (κ3) is 3.37. The van der Waals surface area contributed by atoms with Crippen molar-refractivity contribution in [1.82, 2.24) is 9.88 Å². The standard InChI is InChI=1S/C20H23N3O2/c24-20(25)18-7-3-8-19(21-18)23-10-4-9-22(11-12-23)17-13-15-5-1-2-6-16(15)14-17/h1-3,5-8,17H,4,9-14H2,(H,24,25). The SMILES string of the molecule is O=C(O)c1cccc(N2CCCN(C3Cc4ccccc4C3)CC2)n1. The zero-order valence-corrected chi connectivity index (χ0v) is 14.3. The predicted molar refractivity (Wildman–Crippen MR) is 97.2 cm³/mol. The fourth-order valence-electron chi connectivity index (χ4n) is 4.04. The normalized spacial score (nSPS) is 18.8. The lowest BCUT2D eigenvalue weighted by Gasteiger charge is -2.27. The van der Waals surface area contributed by atoms with E-state index in [2.05, 4.69) is 39.0 Å². The number of anilines is 1. The van der Waals surface area contributed by atoms with Gasteiger partial charge in [-0.25, -0.2) is 9.78 Å². The molecule has 2 aliphatic rings. The summed E-state index contributed by atoms with van der Waals surface area (Å²) in [5.41, 5.74) is 3.10. The van der Waals surface area contributed by atoms with Gasteiger partial charge < -0.3 is 10.0 Å². The Kier molecular flexibility index (Phi) is 4.40.